The van der Waals surface area contributed by atoms with Crippen LogP contribution >= 0.6 is 0 Å². The number of rotatable bonds is 12. The fraction of sp³-hybridized carbons (Fsp3) is 0.583. The number of nitrogens with one attached hydrogen (secondary N) is 1. The number of phenolic OH excluding ortho intramolecular Hbond substituents is 3. The van der Waals surface area contributed by atoms with Crippen LogP contribution in [-0.2, 0) is 23.8 Å². The topological polar surface area (TPSA) is 217 Å². The molecule has 0 saturated carbocycles. The lowest BCUT2D eigenvalue weighted by Gasteiger charge is -2.38. The van der Waals surface area contributed by atoms with Gasteiger partial charge >= 0.3 is 11.8 Å². The van der Waals surface area contributed by atoms with Gasteiger partial charge in [-0.3, -0.25) is 19.4 Å². The highest BCUT2D eigenvalue weighted by Crippen LogP contribution is 2.55. The molecule has 0 saturated heterocycles. The van der Waals surface area contributed by atoms with Crippen LogP contribution in [0.15, 0.2) is 41.2 Å². The first-order valence-corrected chi connectivity index (χ1v) is 22.1. The smallest absolute Gasteiger partial charge is 0.312 e. The molecule has 9 atom stereocenters. The van der Waals surface area contributed by atoms with E-state index in [4.69, 9.17) is 24.0 Å². The van der Waals surface area contributed by atoms with E-state index in [1.807, 2.05) is 5.01 Å². The van der Waals surface area contributed by atoms with E-state index in [9.17, 15) is 39.9 Å². The third-order valence-corrected chi connectivity index (χ3v) is 12.4. The fourth-order valence-electron chi connectivity index (χ4n) is 8.33. The van der Waals surface area contributed by atoms with E-state index < -0.39 is 88.8 Å². The molecule has 0 radical (unpaired) electrons. The van der Waals surface area contributed by atoms with E-state index in [1.165, 1.54) is 59.4 Å². The van der Waals surface area contributed by atoms with Gasteiger partial charge in [0.2, 0.25) is 0 Å². The van der Waals surface area contributed by atoms with Crippen molar-refractivity contribution in [2.45, 2.75) is 138 Å². The Morgan fingerprint density at radius 2 is 1.54 bits per heavy atom. The predicted octanol–water partition coefficient (Wildman–Crippen LogP) is 7.77. The van der Waals surface area contributed by atoms with E-state index in [0.29, 0.717) is 13.1 Å². The first kappa shape index (κ1) is 50.5. The highest BCUT2D eigenvalue weighted by atomic mass is 16.7. The lowest BCUT2D eigenvalue weighted by Crippen LogP contribution is -2.46. The minimum absolute atomic E-state index is 0.0611. The second kappa shape index (κ2) is 22.0. The Balaban J connectivity index is 1.99. The van der Waals surface area contributed by atoms with E-state index in [1.54, 1.807) is 39.8 Å². The van der Waals surface area contributed by atoms with Crippen molar-refractivity contribution in [1.29, 1.82) is 0 Å². The number of methoxy groups -OCH3 is 1. The molecule has 3 aliphatic heterocycles. The van der Waals surface area contributed by atoms with Crippen molar-refractivity contribution in [3.05, 3.63) is 52.8 Å². The summed E-state index contributed by atoms with van der Waals surface area (Å²) >= 11 is 0. The number of anilines is 1. The number of aliphatic hydroxyl groups excluding tert-OH is 2. The number of aliphatic hydroxyl groups is 2. The largest absolute Gasteiger partial charge is 0.507 e. The third kappa shape index (κ3) is 11.2. The Kier molecular flexibility index (Phi) is 17.6. The Bertz CT molecular complexity index is 2090. The zero-order valence-corrected chi connectivity index (χ0v) is 38.7. The maximum absolute atomic E-state index is 14.6. The Labute approximate surface area is 371 Å². The Morgan fingerprint density at radius 1 is 0.905 bits per heavy atom. The number of Topliss-reactive ketones (excluding diaryl/α,β-unsaturated/α-hetero) is 1. The second-order valence-electron chi connectivity index (χ2n) is 17.2. The number of unbranched alkanes of at least 4 members (excludes halogenated alkanes) is 4. The van der Waals surface area contributed by atoms with Crippen LogP contribution in [0.5, 0.6) is 23.0 Å². The minimum atomic E-state index is -2.05. The maximum atomic E-state index is 14.6. The molecule has 0 unspecified atom stereocenters. The summed E-state index contributed by atoms with van der Waals surface area (Å²) in [5.41, 5.74) is -0.303. The minimum Gasteiger partial charge on any atom is -0.507 e. The number of carbonyl (C=O) groups excluding carboxylic acids is 3. The molecule has 6 N–H and O–H groups in total. The molecule has 3 aliphatic rings. The van der Waals surface area contributed by atoms with Gasteiger partial charge in [0.15, 0.2) is 5.75 Å². The number of aromatic hydroxyl groups is 3. The molecule has 0 aromatic heterocycles. The zero-order valence-electron chi connectivity index (χ0n) is 38.7. The number of carbonyl (C=O) groups is 3. The second-order valence-corrected chi connectivity index (χ2v) is 17.2. The molecular weight excluding hydrogens is 811 g/mol. The molecule has 3 heterocycles. The number of ether oxygens (including phenoxy) is 4. The van der Waals surface area contributed by atoms with Gasteiger partial charge in [-0.1, -0.05) is 85.5 Å². The fourth-order valence-corrected chi connectivity index (χ4v) is 8.33. The van der Waals surface area contributed by atoms with Crippen LogP contribution in [0.2, 0.25) is 0 Å². The van der Waals surface area contributed by atoms with Gasteiger partial charge in [0.1, 0.15) is 23.4 Å². The van der Waals surface area contributed by atoms with Gasteiger partial charge in [-0.25, -0.2) is 0 Å². The number of benzene rings is 2. The molecule has 348 valence electrons. The van der Waals surface area contributed by atoms with Gasteiger partial charge in [0.05, 0.1) is 53.0 Å². The average molecular weight is 880 g/mol. The van der Waals surface area contributed by atoms with Gasteiger partial charge in [-0.05, 0) is 32.8 Å². The molecule has 1 amide bonds. The van der Waals surface area contributed by atoms with Crippen LogP contribution in [0.1, 0.15) is 122 Å². The molecule has 2 aromatic rings. The monoisotopic (exact) mass is 879 g/mol. The number of phenols is 3. The predicted molar refractivity (Wildman–Crippen MR) is 242 cm³/mol. The SMILES string of the molecule is CCCCCN(CCCCC)N=Cc1c2c(O)c3c(O)c(C)c4c(c3c1O)C(=O)[C@@](C)(OC=C[C@H](OC)[C@H](C)[C@H](OC(C)=O)[C@H](C)[C@H](O)[C@H](C)[C@H](O)[C@H](C)C=CC=C(C)C(=O)N2)O4. The van der Waals surface area contributed by atoms with Crippen LogP contribution in [0.4, 0.5) is 5.69 Å². The Morgan fingerprint density at radius 3 is 2.13 bits per heavy atom. The lowest BCUT2D eigenvalue weighted by molar-refractivity contribution is -0.160. The van der Waals surface area contributed by atoms with Crippen molar-refractivity contribution < 1.29 is 58.9 Å². The van der Waals surface area contributed by atoms with Crippen LogP contribution in [0, 0.1) is 30.6 Å². The highest BCUT2D eigenvalue weighted by Gasteiger charge is 2.50. The summed E-state index contributed by atoms with van der Waals surface area (Å²) in [5.74, 6) is -8.30. The first-order chi connectivity index (χ1) is 29.8. The summed E-state index contributed by atoms with van der Waals surface area (Å²) in [6.45, 7) is 18.0. The normalized spacial score (nSPS) is 27.1. The molecule has 5 bridgehead atoms. The quantitative estimate of drug-likeness (QED) is 0.0300. The summed E-state index contributed by atoms with van der Waals surface area (Å²) in [7, 11) is 1.44. The van der Waals surface area contributed by atoms with Crippen molar-refractivity contribution in [1.82, 2.24) is 5.01 Å². The van der Waals surface area contributed by atoms with Gasteiger partial charge in [0, 0.05) is 74.2 Å². The summed E-state index contributed by atoms with van der Waals surface area (Å²) < 4.78 is 23.7. The number of allylic oxidation sites excluding steroid dienone is 2. The lowest BCUT2D eigenvalue weighted by atomic mass is 9.78. The van der Waals surface area contributed by atoms with Crippen LogP contribution in [-0.4, -0.2) is 105 Å². The van der Waals surface area contributed by atoms with E-state index >= 15 is 0 Å². The van der Waals surface area contributed by atoms with E-state index in [0.717, 1.165) is 38.5 Å². The number of ketones is 1. The number of fused-ring (bicyclic) bond motifs is 14. The molecule has 5 rings (SSSR count). The van der Waals surface area contributed by atoms with Crippen molar-refractivity contribution in [3.8, 4) is 23.0 Å². The number of hydrogen-bond donors (Lipinski definition) is 6. The van der Waals surface area contributed by atoms with Gasteiger partial charge in [-0.2, -0.15) is 5.10 Å². The highest BCUT2D eigenvalue weighted by molar-refractivity contribution is 6.23. The first-order valence-electron chi connectivity index (χ1n) is 22.1. The number of hydrogen-bond acceptors (Lipinski definition) is 14. The zero-order chi connectivity index (χ0) is 46.9. The molecule has 15 nitrogen and oxygen atoms in total. The van der Waals surface area contributed by atoms with E-state index in [2.05, 4.69) is 19.2 Å². The molecule has 0 spiro atoms. The van der Waals surface area contributed by atoms with Crippen molar-refractivity contribution in [2.24, 2.45) is 28.8 Å². The molecule has 2 aromatic carbocycles. The van der Waals surface area contributed by atoms with Crippen LogP contribution < -0.4 is 10.1 Å². The number of amides is 1. The van der Waals surface area contributed by atoms with Crippen molar-refractivity contribution in [3.63, 3.8) is 0 Å². The summed E-state index contributed by atoms with van der Waals surface area (Å²) in [5, 5.41) is 67.7. The van der Waals surface area contributed by atoms with Crippen LogP contribution in [0.25, 0.3) is 10.8 Å². The standard InChI is InChI=1S/C48H69N3O12/c1-12-14-16-22-51(23-17-15-13-2)49-25-33-38-43(57)36-35(42(33)56)37-45(31(8)41(36)55)63-48(10,46(37)58)61-24-21-34(60-11)28(5)44(62-32(9)52)30(7)40(54)29(6)39(53)26(3)19-18-20-27(4)47(59)50-38/h18-21,24-26,28-30,34,39-40,44,53-57H,12-17,22-23H2,1-11H3,(H,50,59)/t26-,28+,29-,30-,34+,39-,40-,44+,48+/m1/s1. The molecule has 0 aliphatic carbocycles. The summed E-state index contributed by atoms with van der Waals surface area (Å²) in [4.78, 5) is 40.8. The number of hydrazone groups is 1. The third-order valence-electron chi connectivity index (χ3n) is 12.4. The number of esters is 1. The molecule has 15 heteroatoms. The van der Waals surface area contributed by atoms with Crippen LogP contribution in [0.3, 0.4) is 0 Å². The van der Waals surface area contributed by atoms with Gasteiger partial charge in [-0.15, -0.1) is 0 Å². The summed E-state index contributed by atoms with van der Waals surface area (Å²) in [6.07, 6.45) is 10.6. The van der Waals surface area contributed by atoms with Crippen molar-refractivity contribution in [2.75, 3.05) is 25.5 Å². The molecule has 0 fully saturated rings. The molecular formula is C48H69N3O12. The number of nitrogens with zero attached hydrogens (tertiary/aromatic N) is 2. The van der Waals surface area contributed by atoms with Crippen molar-refractivity contribution >= 4 is 40.3 Å². The maximum Gasteiger partial charge on any atom is 0.312 e. The molecule has 63 heavy (non-hydrogen) atoms. The Hall–Kier alpha value is -5.12. The van der Waals surface area contributed by atoms with E-state index in [-0.39, 0.29) is 44.5 Å². The average Bonchev–Trinajstić information content (AvgIpc) is 3.51. The summed E-state index contributed by atoms with van der Waals surface area (Å²) in [6, 6.07) is 0. The van der Waals surface area contributed by atoms with Gasteiger partial charge < -0.3 is 49.8 Å². The van der Waals surface area contributed by atoms with Gasteiger partial charge in [0.25, 0.3) is 11.7 Å².